The summed E-state index contributed by atoms with van der Waals surface area (Å²) in [5, 5.41) is 13.4. The number of aryl methyl sites for hydroxylation is 1. The van der Waals surface area contributed by atoms with E-state index in [1.807, 2.05) is 31.3 Å². The molecule has 1 atom stereocenters. The number of rotatable bonds is 7. The van der Waals surface area contributed by atoms with Crippen molar-refractivity contribution >= 4 is 11.2 Å². The van der Waals surface area contributed by atoms with Crippen LogP contribution >= 0.6 is 0 Å². The topological polar surface area (TPSA) is 68.9 Å². The van der Waals surface area contributed by atoms with Gasteiger partial charge in [0.05, 0.1) is 37.8 Å². The molecular formula is C19H25N3O3. The summed E-state index contributed by atoms with van der Waals surface area (Å²) < 4.78 is 13.1. The van der Waals surface area contributed by atoms with E-state index in [0.717, 1.165) is 41.7 Å². The molecule has 1 aliphatic carbocycles. The molecule has 6 heteroatoms. The van der Waals surface area contributed by atoms with Gasteiger partial charge in [0.25, 0.3) is 0 Å². The van der Waals surface area contributed by atoms with Crippen molar-refractivity contribution in [2.24, 2.45) is 0 Å². The minimum absolute atomic E-state index is 0.0346. The van der Waals surface area contributed by atoms with Gasteiger partial charge in [-0.05, 0) is 37.8 Å². The van der Waals surface area contributed by atoms with Crippen molar-refractivity contribution in [2.75, 3.05) is 19.8 Å². The molecule has 1 N–H and O–H groups in total. The second-order valence-corrected chi connectivity index (χ2v) is 6.14. The fraction of sp³-hybridized carbons (Fsp3) is 0.474. The molecular weight excluding hydrogens is 318 g/mol. The lowest BCUT2D eigenvalue weighted by atomic mass is 10.2. The highest BCUT2D eigenvalue weighted by molar-refractivity contribution is 5.73. The number of imidazole rings is 1. The number of allylic oxidation sites excluding steroid dienone is 3. The molecule has 0 spiro atoms. The van der Waals surface area contributed by atoms with Gasteiger partial charge in [-0.15, -0.1) is 5.10 Å². The Bertz CT molecular complexity index is 780. The Balaban J connectivity index is 1.82. The van der Waals surface area contributed by atoms with Crippen LogP contribution in [0.4, 0.5) is 0 Å². The van der Waals surface area contributed by atoms with Crippen LogP contribution in [-0.4, -0.2) is 45.6 Å². The second kappa shape index (κ2) is 8.27. The van der Waals surface area contributed by atoms with E-state index in [2.05, 4.69) is 18.1 Å². The molecule has 0 fully saturated rings. The van der Waals surface area contributed by atoms with Crippen molar-refractivity contribution in [3.8, 4) is 5.88 Å². The number of aliphatic hydroxyl groups is 1. The fourth-order valence-electron chi connectivity index (χ4n) is 2.79. The Kier molecular flexibility index (Phi) is 5.83. The Morgan fingerprint density at radius 1 is 1.36 bits per heavy atom. The molecule has 2 heterocycles. The minimum atomic E-state index is 0.0346. The molecule has 6 nitrogen and oxygen atoms in total. The van der Waals surface area contributed by atoms with Crippen LogP contribution in [0.25, 0.3) is 11.2 Å². The van der Waals surface area contributed by atoms with Crippen molar-refractivity contribution in [3.05, 3.63) is 41.7 Å². The predicted molar refractivity (Wildman–Crippen MR) is 96.7 cm³/mol. The van der Waals surface area contributed by atoms with Gasteiger partial charge in [-0.1, -0.05) is 25.2 Å². The van der Waals surface area contributed by atoms with Crippen molar-refractivity contribution < 1.29 is 14.6 Å². The standard InChI is InChI=1S/C19H25N3O3/c1-3-10-25-19-14(2)12-18-20-17(13-22(18)21-19)15-5-4-6-16(8-7-15)24-11-9-23/h5,7-8,12-13,16,23H,3-4,6,9-11H2,1-2H3. The van der Waals surface area contributed by atoms with E-state index in [4.69, 9.17) is 19.6 Å². The number of nitrogens with zero attached hydrogens (tertiary/aromatic N) is 3. The predicted octanol–water partition coefficient (Wildman–Crippen LogP) is 2.94. The maximum Gasteiger partial charge on any atom is 0.234 e. The lowest BCUT2D eigenvalue weighted by molar-refractivity contribution is 0.0511. The molecule has 2 aromatic heterocycles. The zero-order valence-electron chi connectivity index (χ0n) is 14.8. The zero-order valence-corrected chi connectivity index (χ0v) is 14.8. The number of ether oxygens (including phenoxy) is 2. The van der Waals surface area contributed by atoms with Gasteiger partial charge in [0, 0.05) is 5.56 Å². The van der Waals surface area contributed by atoms with Gasteiger partial charge in [-0.25, -0.2) is 9.50 Å². The minimum Gasteiger partial charge on any atom is -0.476 e. The average Bonchev–Trinajstić information content (AvgIpc) is 2.86. The summed E-state index contributed by atoms with van der Waals surface area (Å²) in [6.45, 7) is 5.13. The van der Waals surface area contributed by atoms with Crippen molar-refractivity contribution in [1.29, 1.82) is 0 Å². The van der Waals surface area contributed by atoms with Gasteiger partial charge in [-0.2, -0.15) is 0 Å². The summed E-state index contributed by atoms with van der Waals surface area (Å²) >= 11 is 0. The average molecular weight is 343 g/mol. The normalized spacial score (nSPS) is 17.6. The summed E-state index contributed by atoms with van der Waals surface area (Å²) in [6.07, 6.45) is 11.0. The van der Waals surface area contributed by atoms with Crippen LogP contribution in [0.15, 0.2) is 30.5 Å². The number of hydrogen-bond donors (Lipinski definition) is 1. The van der Waals surface area contributed by atoms with Crippen LogP contribution in [0.3, 0.4) is 0 Å². The van der Waals surface area contributed by atoms with E-state index in [1.54, 1.807) is 4.52 Å². The molecule has 0 saturated heterocycles. The fourth-order valence-corrected chi connectivity index (χ4v) is 2.79. The Labute approximate surface area is 147 Å². The monoisotopic (exact) mass is 343 g/mol. The molecule has 0 aliphatic heterocycles. The molecule has 3 rings (SSSR count). The summed E-state index contributed by atoms with van der Waals surface area (Å²) in [5.74, 6) is 0.654. The van der Waals surface area contributed by atoms with E-state index in [1.165, 1.54) is 0 Å². The molecule has 0 aromatic carbocycles. The number of aromatic nitrogens is 3. The van der Waals surface area contributed by atoms with Crippen LogP contribution < -0.4 is 4.74 Å². The summed E-state index contributed by atoms with van der Waals surface area (Å²) in [7, 11) is 0. The molecule has 134 valence electrons. The van der Waals surface area contributed by atoms with E-state index >= 15 is 0 Å². The number of hydrogen-bond acceptors (Lipinski definition) is 5. The molecule has 1 unspecified atom stereocenters. The molecule has 1 aliphatic rings. The Morgan fingerprint density at radius 2 is 2.24 bits per heavy atom. The summed E-state index contributed by atoms with van der Waals surface area (Å²) in [5.41, 5.74) is 3.75. The third kappa shape index (κ3) is 4.27. The van der Waals surface area contributed by atoms with Crippen LogP contribution in [0.5, 0.6) is 5.88 Å². The molecule has 0 bridgehead atoms. The van der Waals surface area contributed by atoms with Gasteiger partial charge in [-0.3, -0.25) is 0 Å². The molecule has 25 heavy (non-hydrogen) atoms. The zero-order chi connectivity index (χ0) is 17.6. The van der Waals surface area contributed by atoms with Crippen molar-refractivity contribution in [3.63, 3.8) is 0 Å². The number of fused-ring (bicyclic) bond motifs is 1. The summed E-state index contributed by atoms with van der Waals surface area (Å²) in [6, 6.07) is 2.00. The third-order valence-electron chi connectivity index (χ3n) is 4.06. The van der Waals surface area contributed by atoms with Crippen molar-refractivity contribution in [2.45, 2.75) is 39.2 Å². The van der Waals surface area contributed by atoms with Gasteiger partial charge < -0.3 is 14.6 Å². The van der Waals surface area contributed by atoms with E-state index in [-0.39, 0.29) is 12.7 Å². The first-order valence-electron chi connectivity index (χ1n) is 8.82. The molecule has 0 radical (unpaired) electrons. The van der Waals surface area contributed by atoms with E-state index in [9.17, 15) is 0 Å². The van der Waals surface area contributed by atoms with Crippen LogP contribution in [0.1, 0.15) is 37.4 Å². The maximum atomic E-state index is 8.88. The lowest BCUT2D eigenvalue weighted by Crippen LogP contribution is -2.11. The molecule has 0 amide bonds. The van der Waals surface area contributed by atoms with Gasteiger partial charge >= 0.3 is 0 Å². The number of aliphatic hydroxyl groups excluding tert-OH is 1. The third-order valence-corrected chi connectivity index (χ3v) is 4.06. The first kappa shape index (κ1) is 17.6. The quantitative estimate of drug-likeness (QED) is 0.837. The largest absolute Gasteiger partial charge is 0.476 e. The van der Waals surface area contributed by atoms with Crippen LogP contribution in [0.2, 0.25) is 0 Å². The van der Waals surface area contributed by atoms with Crippen molar-refractivity contribution in [1.82, 2.24) is 14.6 Å². The Morgan fingerprint density at radius 3 is 3.04 bits per heavy atom. The van der Waals surface area contributed by atoms with E-state index < -0.39 is 0 Å². The first-order chi connectivity index (χ1) is 12.2. The highest BCUT2D eigenvalue weighted by atomic mass is 16.5. The Hall–Kier alpha value is -2.18. The molecule has 0 saturated carbocycles. The second-order valence-electron chi connectivity index (χ2n) is 6.14. The van der Waals surface area contributed by atoms with Gasteiger partial charge in [0.1, 0.15) is 0 Å². The highest BCUT2D eigenvalue weighted by Gasteiger charge is 2.13. The van der Waals surface area contributed by atoms with Crippen LogP contribution in [-0.2, 0) is 4.74 Å². The lowest BCUT2D eigenvalue weighted by Gasteiger charge is -2.10. The summed E-state index contributed by atoms with van der Waals surface area (Å²) in [4.78, 5) is 4.69. The van der Waals surface area contributed by atoms with Gasteiger partial charge in [0.2, 0.25) is 5.88 Å². The van der Waals surface area contributed by atoms with Crippen LogP contribution in [0, 0.1) is 6.92 Å². The van der Waals surface area contributed by atoms with E-state index in [0.29, 0.717) is 19.1 Å². The molecule has 2 aromatic rings. The van der Waals surface area contributed by atoms with Gasteiger partial charge in [0.15, 0.2) is 5.65 Å². The maximum absolute atomic E-state index is 8.88. The first-order valence-corrected chi connectivity index (χ1v) is 8.82. The highest BCUT2D eigenvalue weighted by Crippen LogP contribution is 2.23. The smallest absolute Gasteiger partial charge is 0.234 e. The SMILES string of the molecule is CCCOc1nn2cc(C3=CCCC(OCCO)C=C3)nc2cc1C.